The van der Waals surface area contributed by atoms with Crippen molar-refractivity contribution in [3.63, 3.8) is 0 Å². The Morgan fingerprint density at radius 2 is 1.89 bits per heavy atom. The number of aliphatic hydroxyl groups excluding tert-OH is 2. The van der Waals surface area contributed by atoms with Gasteiger partial charge in [-0.3, -0.25) is 0 Å². The average molecular weight is 269 g/mol. The van der Waals surface area contributed by atoms with Crippen LogP contribution in [0.5, 0.6) is 0 Å². The molecule has 0 amide bonds. The minimum absolute atomic E-state index is 0.162. The Bertz CT molecular complexity index is 401. The van der Waals surface area contributed by atoms with Gasteiger partial charge in [-0.1, -0.05) is 20.8 Å². The summed E-state index contributed by atoms with van der Waals surface area (Å²) in [5.74, 6) is 1.28. The maximum atomic E-state index is 9.10. The third kappa shape index (κ3) is 4.74. The Morgan fingerprint density at radius 3 is 2.37 bits per heavy atom. The summed E-state index contributed by atoms with van der Waals surface area (Å²) in [5, 5.41) is 21.2. The van der Waals surface area contributed by atoms with Gasteiger partial charge < -0.3 is 20.3 Å². The average Bonchev–Trinajstić information content (AvgIpc) is 2.35. The number of aromatic nitrogens is 2. The van der Waals surface area contributed by atoms with E-state index in [-0.39, 0.29) is 18.6 Å². The van der Waals surface area contributed by atoms with E-state index in [2.05, 4.69) is 15.3 Å². The number of rotatable bonds is 6. The number of ether oxygens (including phenoxy) is 1. The number of nitrogens with one attached hydrogen (secondary N) is 1. The van der Waals surface area contributed by atoms with Gasteiger partial charge >= 0.3 is 0 Å². The van der Waals surface area contributed by atoms with Crippen molar-refractivity contribution < 1.29 is 14.9 Å². The van der Waals surface area contributed by atoms with Crippen LogP contribution in [0, 0.1) is 0 Å². The Labute approximate surface area is 113 Å². The fraction of sp³-hybridized carbons (Fsp3) is 0.692. The molecule has 6 nitrogen and oxygen atoms in total. The highest BCUT2D eigenvalue weighted by molar-refractivity contribution is 5.38. The van der Waals surface area contributed by atoms with Crippen molar-refractivity contribution in [3.8, 4) is 0 Å². The third-order valence-electron chi connectivity index (χ3n) is 2.54. The summed E-state index contributed by atoms with van der Waals surface area (Å²) in [5.41, 5.74) is 0.577. The van der Waals surface area contributed by atoms with Gasteiger partial charge in [-0.2, -0.15) is 0 Å². The lowest BCUT2D eigenvalue weighted by atomic mass is 9.95. The van der Waals surface area contributed by atoms with Crippen LogP contribution in [0.15, 0.2) is 6.07 Å². The van der Waals surface area contributed by atoms with Crippen molar-refractivity contribution in [2.24, 2.45) is 0 Å². The van der Waals surface area contributed by atoms with Gasteiger partial charge in [0.25, 0.3) is 0 Å². The van der Waals surface area contributed by atoms with Crippen molar-refractivity contribution in [3.05, 3.63) is 17.6 Å². The number of hydrogen-bond donors (Lipinski definition) is 3. The highest BCUT2D eigenvalue weighted by Crippen LogP contribution is 2.21. The number of aliphatic hydroxyl groups is 2. The lowest BCUT2D eigenvalue weighted by molar-refractivity contribution is 0.181. The molecule has 108 valence electrons. The minimum Gasteiger partial charge on any atom is -0.394 e. The molecule has 0 radical (unpaired) electrons. The predicted molar refractivity (Wildman–Crippen MR) is 73.0 cm³/mol. The van der Waals surface area contributed by atoms with E-state index in [9.17, 15) is 0 Å². The quantitative estimate of drug-likeness (QED) is 0.704. The maximum Gasteiger partial charge on any atom is 0.136 e. The first-order chi connectivity index (χ1) is 8.90. The molecule has 0 fully saturated rings. The van der Waals surface area contributed by atoms with Crippen LogP contribution in [0.1, 0.15) is 32.3 Å². The van der Waals surface area contributed by atoms with Gasteiger partial charge in [0.15, 0.2) is 0 Å². The summed E-state index contributed by atoms with van der Waals surface area (Å²) in [7, 11) is 1.61. The van der Waals surface area contributed by atoms with Gasteiger partial charge in [0.1, 0.15) is 11.6 Å². The topological polar surface area (TPSA) is 87.5 Å². The molecule has 0 aliphatic rings. The summed E-state index contributed by atoms with van der Waals surface area (Å²) in [4.78, 5) is 8.87. The normalized spacial score (nSPS) is 11.9. The molecule has 1 rings (SSSR count). The van der Waals surface area contributed by atoms with Crippen molar-refractivity contribution in [1.29, 1.82) is 0 Å². The largest absolute Gasteiger partial charge is 0.394 e. The first kappa shape index (κ1) is 15.8. The van der Waals surface area contributed by atoms with Crippen LogP contribution in [-0.4, -0.2) is 46.5 Å². The molecule has 0 saturated carbocycles. The van der Waals surface area contributed by atoms with E-state index in [1.807, 2.05) is 20.8 Å². The van der Waals surface area contributed by atoms with Crippen LogP contribution in [-0.2, 0) is 16.8 Å². The molecule has 0 unspecified atom stereocenters. The van der Waals surface area contributed by atoms with E-state index in [1.165, 1.54) is 0 Å². The van der Waals surface area contributed by atoms with Crippen LogP contribution in [0.25, 0.3) is 0 Å². The maximum absolute atomic E-state index is 9.10. The third-order valence-corrected chi connectivity index (χ3v) is 2.54. The summed E-state index contributed by atoms with van der Waals surface area (Å²) in [6.07, 6.45) is 0. The minimum atomic E-state index is -0.432. The molecule has 1 aromatic heterocycles. The Hall–Kier alpha value is -1.24. The summed E-state index contributed by atoms with van der Waals surface area (Å²) in [6, 6.07) is 1.33. The molecular weight excluding hydrogens is 246 g/mol. The Morgan fingerprint density at radius 1 is 1.26 bits per heavy atom. The van der Waals surface area contributed by atoms with E-state index >= 15 is 0 Å². The zero-order valence-corrected chi connectivity index (χ0v) is 12.0. The monoisotopic (exact) mass is 269 g/mol. The van der Waals surface area contributed by atoms with E-state index in [0.29, 0.717) is 18.2 Å². The van der Waals surface area contributed by atoms with Gasteiger partial charge in [0.2, 0.25) is 0 Å². The first-order valence-electron chi connectivity index (χ1n) is 6.26. The number of methoxy groups -OCH3 is 1. The second-order valence-electron chi connectivity index (χ2n) is 5.46. The molecular formula is C13H23N3O3. The molecule has 0 atom stereocenters. The number of anilines is 1. The second-order valence-corrected chi connectivity index (χ2v) is 5.46. The highest BCUT2D eigenvalue weighted by atomic mass is 16.5. The van der Waals surface area contributed by atoms with E-state index in [4.69, 9.17) is 14.9 Å². The van der Waals surface area contributed by atoms with E-state index in [1.54, 1.807) is 13.2 Å². The molecule has 0 bridgehead atoms. The molecule has 3 N–H and O–H groups in total. The van der Waals surface area contributed by atoms with Crippen LogP contribution < -0.4 is 5.32 Å². The molecule has 6 heteroatoms. The summed E-state index contributed by atoms with van der Waals surface area (Å²) < 4.78 is 5.09. The second kappa shape index (κ2) is 6.79. The van der Waals surface area contributed by atoms with E-state index < -0.39 is 6.04 Å². The number of hydrogen-bond acceptors (Lipinski definition) is 6. The molecule has 0 saturated heterocycles. The van der Waals surface area contributed by atoms with Crippen LogP contribution >= 0.6 is 0 Å². The fourth-order valence-electron chi connectivity index (χ4n) is 1.49. The molecule has 1 aromatic rings. The van der Waals surface area contributed by atoms with Crippen LogP contribution in [0.2, 0.25) is 0 Å². The van der Waals surface area contributed by atoms with Crippen molar-refractivity contribution in [2.75, 3.05) is 25.6 Å². The molecule has 0 aromatic carbocycles. The smallest absolute Gasteiger partial charge is 0.136 e. The standard InChI is InChI=1S/C13H23N3O3/c1-13(2,3)12-15-9(8-19-4)5-11(16-12)14-10(6-17)7-18/h5,10,17-18H,6-8H2,1-4H3,(H,14,15,16). The lowest BCUT2D eigenvalue weighted by Gasteiger charge is -2.20. The molecule has 0 aliphatic heterocycles. The molecule has 1 heterocycles. The van der Waals surface area contributed by atoms with Gasteiger partial charge in [-0.15, -0.1) is 0 Å². The highest BCUT2D eigenvalue weighted by Gasteiger charge is 2.19. The van der Waals surface area contributed by atoms with Crippen LogP contribution in [0.4, 0.5) is 5.82 Å². The van der Waals surface area contributed by atoms with Gasteiger partial charge in [-0.25, -0.2) is 9.97 Å². The Balaban J connectivity index is 3.05. The van der Waals surface area contributed by atoms with E-state index in [0.717, 1.165) is 5.69 Å². The lowest BCUT2D eigenvalue weighted by Crippen LogP contribution is -2.29. The van der Waals surface area contributed by atoms with Crippen molar-refractivity contribution >= 4 is 5.82 Å². The SMILES string of the molecule is COCc1cc(NC(CO)CO)nc(C(C)(C)C)n1. The Kier molecular flexibility index (Phi) is 5.65. The van der Waals surface area contributed by atoms with Crippen molar-refractivity contribution in [2.45, 2.75) is 38.8 Å². The van der Waals surface area contributed by atoms with Gasteiger partial charge in [0.05, 0.1) is 31.6 Å². The number of nitrogens with zero attached hydrogens (tertiary/aromatic N) is 2. The molecule has 19 heavy (non-hydrogen) atoms. The molecule has 0 aliphatic carbocycles. The predicted octanol–water partition coefficient (Wildman–Crippen LogP) is 0.686. The summed E-state index contributed by atoms with van der Waals surface area (Å²) in [6.45, 7) is 6.15. The fourth-order valence-corrected chi connectivity index (χ4v) is 1.49. The molecule has 0 spiro atoms. The zero-order valence-electron chi connectivity index (χ0n) is 12.0. The van der Waals surface area contributed by atoms with Crippen LogP contribution in [0.3, 0.4) is 0 Å². The van der Waals surface area contributed by atoms with Gasteiger partial charge in [-0.05, 0) is 0 Å². The van der Waals surface area contributed by atoms with Gasteiger partial charge in [0, 0.05) is 18.6 Å². The summed E-state index contributed by atoms with van der Waals surface area (Å²) >= 11 is 0. The zero-order chi connectivity index (χ0) is 14.5. The van der Waals surface area contributed by atoms with Crippen molar-refractivity contribution in [1.82, 2.24) is 9.97 Å². The first-order valence-corrected chi connectivity index (χ1v) is 6.26.